The molecule has 6 nitrogen and oxygen atoms in total. The fraction of sp³-hybridized carbons (Fsp3) is 0.200. The number of carbonyl (C=O) groups is 1. The van der Waals surface area contributed by atoms with Gasteiger partial charge in [0.05, 0.1) is 26.4 Å². The lowest BCUT2D eigenvalue weighted by Crippen LogP contribution is -2.19. The van der Waals surface area contributed by atoms with Gasteiger partial charge in [0.2, 0.25) is 5.91 Å². The predicted molar refractivity (Wildman–Crippen MR) is 102 cm³/mol. The normalized spacial score (nSPS) is 11.0. The number of nitrogens with zero attached hydrogens (tertiary/aromatic N) is 1. The smallest absolute Gasteiger partial charge is 0.244 e. The highest BCUT2D eigenvalue weighted by Gasteiger charge is 2.08. The number of ether oxygens (including phenoxy) is 2. The van der Waals surface area contributed by atoms with E-state index >= 15 is 0 Å². The van der Waals surface area contributed by atoms with Crippen LogP contribution in [0.2, 0.25) is 0 Å². The van der Waals surface area contributed by atoms with Crippen molar-refractivity contribution in [3.8, 4) is 11.5 Å². The van der Waals surface area contributed by atoms with Crippen LogP contribution >= 0.6 is 0 Å². The number of benzene rings is 2. The lowest BCUT2D eigenvalue weighted by atomic mass is 10.1. The Bertz CT molecular complexity index is 931. The zero-order valence-corrected chi connectivity index (χ0v) is 14.8. The number of hydrogen-bond acceptors (Lipinski definition) is 4. The van der Waals surface area contributed by atoms with Crippen LogP contribution in [-0.4, -0.2) is 30.8 Å². The van der Waals surface area contributed by atoms with E-state index in [4.69, 9.17) is 9.47 Å². The molecule has 0 bridgehead atoms. The van der Waals surface area contributed by atoms with Gasteiger partial charge in [0.25, 0.3) is 0 Å². The van der Waals surface area contributed by atoms with Crippen LogP contribution in [0, 0.1) is 0 Å². The largest absolute Gasteiger partial charge is 0.493 e. The van der Waals surface area contributed by atoms with Crippen LogP contribution in [0.1, 0.15) is 18.1 Å². The summed E-state index contributed by atoms with van der Waals surface area (Å²) in [5.41, 5.74) is 5.31. The number of nitrogens with one attached hydrogen (secondary N) is 2. The second-order valence-corrected chi connectivity index (χ2v) is 5.67. The van der Waals surface area contributed by atoms with Crippen LogP contribution in [0.4, 0.5) is 0 Å². The Kier molecular flexibility index (Phi) is 5.53. The Hall–Kier alpha value is -3.28. The van der Waals surface area contributed by atoms with Gasteiger partial charge in [-0.05, 0) is 42.3 Å². The molecular weight excluding hydrogens is 330 g/mol. The molecule has 26 heavy (non-hydrogen) atoms. The predicted octanol–water partition coefficient (Wildman–Crippen LogP) is 3.27. The van der Waals surface area contributed by atoms with Gasteiger partial charge < -0.3 is 14.5 Å². The van der Waals surface area contributed by atoms with E-state index in [1.807, 2.05) is 49.5 Å². The summed E-state index contributed by atoms with van der Waals surface area (Å²) in [6, 6.07) is 13.4. The van der Waals surface area contributed by atoms with E-state index in [0.717, 1.165) is 22.0 Å². The first-order chi connectivity index (χ1) is 12.7. The molecule has 0 saturated carbocycles. The summed E-state index contributed by atoms with van der Waals surface area (Å²) >= 11 is 0. The van der Waals surface area contributed by atoms with Crippen molar-refractivity contribution >= 4 is 23.0 Å². The molecule has 1 aromatic heterocycles. The lowest BCUT2D eigenvalue weighted by molar-refractivity contribution is -0.120. The first-order valence-corrected chi connectivity index (χ1v) is 8.39. The molecule has 134 valence electrons. The van der Waals surface area contributed by atoms with Gasteiger partial charge in [0.15, 0.2) is 11.5 Å². The molecule has 1 heterocycles. The van der Waals surface area contributed by atoms with Gasteiger partial charge >= 0.3 is 0 Å². The fourth-order valence-corrected chi connectivity index (χ4v) is 2.71. The molecule has 2 N–H and O–H groups in total. The number of fused-ring (bicyclic) bond motifs is 1. The van der Waals surface area contributed by atoms with Crippen LogP contribution in [-0.2, 0) is 11.2 Å². The summed E-state index contributed by atoms with van der Waals surface area (Å²) < 4.78 is 10.8. The Morgan fingerprint density at radius 1 is 1.23 bits per heavy atom. The van der Waals surface area contributed by atoms with Crippen LogP contribution in [0.3, 0.4) is 0 Å². The number of amides is 1. The standard InChI is InChI=1S/C20H21N3O3/c1-3-26-18-9-8-14(10-19(18)25-2)12-22-23-20(24)11-15-13-21-17-7-5-4-6-16(15)17/h4-10,12-13,21H,3,11H2,1-2H3,(H,23,24). The maximum Gasteiger partial charge on any atom is 0.244 e. The summed E-state index contributed by atoms with van der Waals surface area (Å²) in [5, 5.41) is 5.07. The topological polar surface area (TPSA) is 75.7 Å². The van der Waals surface area contributed by atoms with E-state index in [1.54, 1.807) is 19.4 Å². The van der Waals surface area contributed by atoms with E-state index in [-0.39, 0.29) is 12.3 Å². The number of para-hydroxylation sites is 1. The first-order valence-electron chi connectivity index (χ1n) is 8.39. The van der Waals surface area contributed by atoms with E-state index in [0.29, 0.717) is 18.1 Å². The molecule has 0 radical (unpaired) electrons. The van der Waals surface area contributed by atoms with Crippen molar-refractivity contribution in [2.24, 2.45) is 5.10 Å². The minimum Gasteiger partial charge on any atom is -0.493 e. The summed E-state index contributed by atoms with van der Waals surface area (Å²) in [6.45, 7) is 2.48. The van der Waals surface area contributed by atoms with E-state index in [1.165, 1.54) is 0 Å². The molecular formula is C20H21N3O3. The Morgan fingerprint density at radius 3 is 2.88 bits per heavy atom. The Balaban J connectivity index is 1.62. The van der Waals surface area contributed by atoms with Crippen LogP contribution in [0.25, 0.3) is 10.9 Å². The number of carbonyl (C=O) groups excluding carboxylic acids is 1. The van der Waals surface area contributed by atoms with Crippen molar-refractivity contribution in [1.29, 1.82) is 0 Å². The SMILES string of the molecule is CCOc1ccc(C=NNC(=O)Cc2c[nH]c3ccccc23)cc1OC. The summed E-state index contributed by atoms with van der Waals surface area (Å²) in [4.78, 5) is 15.3. The molecule has 3 aromatic rings. The van der Waals surface area contributed by atoms with E-state index in [9.17, 15) is 4.79 Å². The highest BCUT2D eigenvalue weighted by molar-refractivity contribution is 5.89. The third-order valence-electron chi connectivity index (χ3n) is 3.92. The Labute approximate surface area is 151 Å². The van der Waals surface area contributed by atoms with Gasteiger partial charge in [0.1, 0.15) is 0 Å². The van der Waals surface area contributed by atoms with E-state index in [2.05, 4.69) is 15.5 Å². The third kappa shape index (κ3) is 4.03. The number of hydrazone groups is 1. The Morgan fingerprint density at radius 2 is 2.08 bits per heavy atom. The monoisotopic (exact) mass is 351 g/mol. The number of hydrogen-bond donors (Lipinski definition) is 2. The summed E-state index contributed by atoms with van der Waals surface area (Å²) in [7, 11) is 1.59. The quantitative estimate of drug-likeness (QED) is 0.507. The van der Waals surface area contributed by atoms with Gasteiger partial charge in [-0.3, -0.25) is 4.79 Å². The summed E-state index contributed by atoms with van der Waals surface area (Å²) in [6.07, 6.45) is 3.69. The number of rotatable bonds is 7. The molecule has 6 heteroatoms. The summed E-state index contributed by atoms with van der Waals surface area (Å²) in [5.74, 6) is 1.13. The molecule has 0 fully saturated rings. The minimum atomic E-state index is -0.177. The number of aromatic amines is 1. The highest BCUT2D eigenvalue weighted by atomic mass is 16.5. The molecule has 2 aromatic carbocycles. The van der Waals surface area contributed by atoms with Crippen LogP contribution in [0.15, 0.2) is 53.8 Å². The second-order valence-electron chi connectivity index (χ2n) is 5.67. The fourth-order valence-electron chi connectivity index (χ4n) is 2.71. The molecule has 0 aliphatic carbocycles. The van der Waals surface area contributed by atoms with Crippen molar-refractivity contribution < 1.29 is 14.3 Å². The molecule has 0 spiro atoms. The van der Waals surface area contributed by atoms with Gasteiger partial charge in [-0.1, -0.05) is 18.2 Å². The van der Waals surface area contributed by atoms with Crippen LogP contribution in [0.5, 0.6) is 11.5 Å². The zero-order chi connectivity index (χ0) is 18.4. The molecule has 1 amide bonds. The molecule has 0 aliphatic heterocycles. The maximum atomic E-state index is 12.1. The molecule has 0 atom stereocenters. The second kappa shape index (κ2) is 8.20. The molecule has 0 aliphatic rings. The average molecular weight is 351 g/mol. The zero-order valence-electron chi connectivity index (χ0n) is 14.8. The van der Waals surface area contributed by atoms with Crippen molar-refractivity contribution in [2.45, 2.75) is 13.3 Å². The lowest BCUT2D eigenvalue weighted by Gasteiger charge is -2.09. The third-order valence-corrected chi connectivity index (χ3v) is 3.92. The molecule has 0 unspecified atom stereocenters. The minimum absolute atomic E-state index is 0.177. The molecule has 3 rings (SSSR count). The number of H-pyrrole nitrogens is 1. The van der Waals surface area contributed by atoms with Gasteiger partial charge in [-0.2, -0.15) is 5.10 Å². The van der Waals surface area contributed by atoms with Gasteiger partial charge in [-0.15, -0.1) is 0 Å². The van der Waals surface area contributed by atoms with Gasteiger partial charge in [0, 0.05) is 17.1 Å². The highest BCUT2D eigenvalue weighted by Crippen LogP contribution is 2.27. The van der Waals surface area contributed by atoms with Gasteiger partial charge in [-0.25, -0.2) is 5.43 Å². The first kappa shape index (κ1) is 17.5. The maximum absolute atomic E-state index is 12.1. The van der Waals surface area contributed by atoms with Crippen molar-refractivity contribution in [1.82, 2.24) is 10.4 Å². The van der Waals surface area contributed by atoms with Crippen LogP contribution < -0.4 is 14.9 Å². The number of methoxy groups -OCH3 is 1. The van der Waals surface area contributed by atoms with Crippen molar-refractivity contribution in [3.05, 3.63) is 59.8 Å². The average Bonchev–Trinajstić information content (AvgIpc) is 3.06. The van der Waals surface area contributed by atoms with Crippen molar-refractivity contribution in [3.63, 3.8) is 0 Å². The molecule has 0 saturated heterocycles. The van der Waals surface area contributed by atoms with Crippen molar-refractivity contribution in [2.75, 3.05) is 13.7 Å². The van der Waals surface area contributed by atoms with E-state index < -0.39 is 0 Å². The number of aromatic nitrogens is 1.